The molecule has 0 aromatic carbocycles. The summed E-state index contributed by atoms with van der Waals surface area (Å²) in [5, 5.41) is 0. The topological polar surface area (TPSA) is 0 Å². The van der Waals surface area contributed by atoms with Crippen LogP contribution < -0.4 is 0 Å². The summed E-state index contributed by atoms with van der Waals surface area (Å²) >= 11 is 0. The standard InChI is InChI=1S/10CH4.6No/h10*1H4;;;;;;. The third-order valence-corrected chi connectivity index (χ3v) is 0. The van der Waals surface area contributed by atoms with E-state index in [9.17, 15) is 0 Å². The Kier molecular flexibility index (Phi) is 22.5. The van der Waals surface area contributed by atoms with Crippen molar-refractivity contribution in [3.8, 4) is 0 Å². The molecule has 0 N–H and O–H groups in total. The number of hydrogen-bond donors (Lipinski definition) is 0. The second kappa shape index (κ2) is 16.0. The predicted octanol–water partition coefficient (Wildman–Crippen LogP) is 6.36. The van der Waals surface area contributed by atoms with E-state index in [0.29, 0.717) is 0 Å². The predicted molar refractivity (Wildman–Crippen MR) is 67.3 cm³/mol. The summed E-state index contributed by atoms with van der Waals surface area (Å²) in [6, 6.07) is 0. The van der Waals surface area contributed by atoms with Crippen LogP contribution in [0.1, 0.15) is 74.3 Å². The number of hydrogen-bond acceptors (Lipinski definition) is 0. The van der Waals surface area contributed by atoms with Gasteiger partial charge in [0, 0.05) is 0 Å². The average Bonchev–Trinajstić information content (AvgIpc) is 0. The van der Waals surface area contributed by atoms with Crippen LogP contribution >= 0.6 is 0 Å². The van der Waals surface area contributed by atoms with Crippen LogP contribution in [0, 0.1) is 0 Å². The first-order valence-electron chi connectivity index (χ1n) is 0. The molecular formula is C10H40No6. The minimum absolute atomic E-state index is 0. The quantitative estimate of drug-likeness (QED) is 0.265. The summed E-state index contributed by atoms with van der Waals surface area (Å²) in [4.78, 5) is 0. The largest absolute Gasteiger partial charge is 0.0776 e. The van der Waals surface area contributed by atoms with Crippen molar-refractivity contribution in [1.82, 2.24) is 0 Å². The molecule has 0 heterocycles. The molecule has 0 nitrogen and oxygen atoms in total. The fourth-order valence-electron chi connectivity index (χ4n) is 0. The van der Waals surface area contributed by atoms with Crippen molar-refractivity contribution in [1.29, 1.82) is 0 Å². The molecular weight excluding hydrogens is 1670 g/mol. The zero-order chi connectivity index (χ0) is 0. The van der Waals surface area contributed by atoms with E-state index in [1.807, 2.05) is 0 Å². The summed E-state index contributed by atoms with van der Waals surface area (Å²) in [6.45, 7) is 0. The normalized spacial score (nSPS) is 0. The van der Waals surface area contributed by atoms with Gasteiger partial charge in [0.1, 0.15) is 0 Å². The van der Waals surface area contributed by atoms with E-state index in [4.69, 9.17) is 0 Å². The molecule has 0 amide bonds. The first-order chi connectivity index (χ1) is 0. The van der Waals surface area contributed by atoms with Gasteiger partial charge in [-0.3, -0.25) is 0 Å². The number of rotatable bonds is 0. The summed E-state index contributed by atoms with van der Waals surface area (Å²) < 4.78 is 0. The SMILES string of the molecule is C.C.C.C.C.C.C.C.C.C.[No].[No].[No].[No].[No].[No]. The summed E-state index contributed by atoms with van der Waals surface area (Å²) in [7, 11) is 0. The van der Waals surface area contributed by atoms with Gasteiger partial charge in [0.15, 0.2) is 0 Å². The van der Waals surface area contributed by atoms with Crippen LogP contribution in [0.2, 0.25) is 0 Å². The molecule has 6 heteroatoms. The molecule has 0 aliphatic carbocycles. The van der Waals surface area contributed by atoms with E-state index in [0.717, 1.165) is 0 Å². The molecule has 0 spiro atoms. The molecule has 0 fully saturated rings. The van der Waals surface area contributed by atoms with Crippen LogP contribution in [0.25, 0.3) is 0 Å². The summed E-state index contributed by atoms with van der Waals surface area (Å²) in [5.41, 5.74) is 0. The van der Waals surface area contributed by atoms with Gasteiger partial charge in [-0.25, -0.2) is 0 Å². The Morgan fingerprint density at radius 3 is 0.125 bits per heavy atom. The van der Waals surface area contributed by atoms with Crippen LogP contribution in [0.3, 0.4) is 0 Å². The van der Waals surface area contributed by atoms with Crippen LogP contribution in [-0.2, 0) is 0 Å². The second-order valence-electron chi connectivity index (χ2n) is 0. The second-order valence-corrected chi connectivity index (χ2v) is 0. The van der Waals surface area contributed by atoms with E-state index in [2.05, 4.69) is 0 Å². The molecule has 0 radical (unpaired) electrons. The fourth-order valence-corrected chi connectivity index (χ4v) is 0. The van der Waals surface area contributed by atoms with Crippen molar-refractivity contribution in [2.45, 2.75) is 74.3 Å². The van der Waals surface area contributed by atoms with Crippen molar-refractivity contribution in [3.05, 3.63) is 0 Å². The van der Waals surface area contributed by atoms with Crippen molar-refractivity contribution in [2.75, 3.05) is 0 Å². The smallest absolute Gasteiger partial charge is 0 e. The first kappa shape index (κ1) is 22.5. The van der Waals surface area contributed by atoms with Crippen LogP contribution in [-0.4, -0.2) is 0 Å². The van der Waals surface area contributed by atoms with Gasteiger partial charge >= 0.3 is 0 Å². The van der Waals surface area contributed by atoms with Gasteiger partial charge in [0.05, 0.1) is 0 Å². The summed E-state index contributed by atoms with van der Waals surface area (Å²) in [5.74, 6) is 0. The Hall–Kier alpha value is -6.00. The Balaban J connectivity index is 0. The molecule has 0 aliphatic rings. The molecule has 0 rings (SSSR count). The molecule has 0 saturated heterocycles. The van der Waals surface area contributed by atoms with Gasteiger partial charge in [-0.05, 0) is 0 Å². The maximum Gasteiger partial charge on any atom is 0 e. The molecule has 0 atom stereocenters. The van der Waals surface area contributed by atoms with Crippen molar-refractivity contribution in [3.63, 3.8) is 0 Å². The van der Waals surface area contributed by atoms with E-state index >= 15 is 0 Å². The third-order valence-electron chi connectivity index (χ3n) is 0. The fraction of sp³-hybridized carbons (Fsp3) is 1.00. The first-order valence-corrected chi connectivity index (χ1v) is 0. The van der Waals surface area contributed by atoms with E-state index in [1.165, 1.54) is 0 Å². The monoisotopic (exact) mass is 1710 g/mol. The van der Waals surface area contributed by atoms with Gasteiger partial charge in [0.25, 0.3) is 0 Å². The molecule has 0 unspecified atom stereocenters. The van der Waals surface area contributed by atoms with Gasteiger partial charge in [-0.2, -0.15) is 0 Å². The van der Waals surface area contributed by atoms with Crippen molar-refractivity contribution < 1.29 is 0 Å². The van der Waals surface area contributed by atoms with Gasteiger partial charge in [-0.15, -0.1) is 0 Å². The van der Waals surface area contributed by atoms with E-state index in [1.54, 1.807) is 0 Å². The molecule has 16 heavy (non-hydrogen) atoms. The van der Waals surface area contributed by atoms with Crippen molar-refractivity contribution in [2.24, 2.45) is 0 Å². The summed E-state index contributed by atoms with van der Waals surface area (Å²) in [6.07, 6.45) is 0. The minimum atomic E-state index is 0. The molecule has 0 bridgehead atoms. The molecule has 0 aromatic heterocycles. The van der Waals surface area contributed by atoms with Crippen LogP contribution in [0.4, 0.5) is 0 Å². The van der Waals surface area contributed by atoms with Crippen LogP contribution in [0.5, 0.6) is 0 Å². The maximum atomic E-state index is 0. The minimum Gasteiger partial charge on any atom is -0.0776 e. The van der Waals surface area contributed by atoms with Gasteiger partial charge in [-0.1, -0.05) is 74.3 Å². The van der Waals surface area contributed by atoms with E-state index < -0.39 is 0 Å². The molecule has 0 aliphatic heterocycles. The zero-order valence-electron chi connectivity index (χ0n) is 1.60. The Morgan fingerprint density at radius 1 is 0.125 bits per heavy atom. The van der Waals surface area contributed by atoms with Crippen molar-refractivity contribution >= 4 is 0 Å². The molecule has 0 saturated carbocycles. The van der Waals surface area contributed by atoms with Gasteiger partial charge < -0.3 is 0 Å². The van der Waals surface area contributed by atoms with Gasteiger partial charge in [0.2, 0.25) is 0 Å². The molecule has 164 valence electrons. The molecule has 0 aromatic rings. The van der Waals surface area contributed by atoms with Crippen LogP contribution in [0.15, 0.2) is 0 Å². The van der Waals surface area contributed by atoms with E-state index in [-0.39, 0.29) is 74.3 Å². The maximum absolute atomic E-state index is 0. The Labute approximate surface area is 75.1 Å². The Bertz CT molecular complexity index is 15.3. The third kappa shape index (κ3) is 10.9. The Morgan fingerprint density at radius 2 is 0.125 bits per heavy atom. The average molecular weight is 1710 g/mol. The zero-order valence-corrected chi connectivity index (χ0v) is 15.0.